The molecule has 9 aromatic rings. The van der Waals surface area contributed by atoms with Gasteiger partial charge in [-0.25, -0.2) is 53.6 Å². The molecule has 6 N–H and O–H groups in total. The Bertz CT molecular complexity index is 5200. The SMILES string of the molecule is O=S(=O)([O-])c1cc(N=c2[nH]c(Cl)nc(=Nc3cccc(N=c4nc(Cl)[nH]c(=Nc5cc(S(=O)(=O)[O-])cc6cc(S(=O)(=O)O)c(N=Nc7ccccc7S(=O)(=O)[O-])c([O-])c56)[nH]4)c3)[nH]2)c2c([O-])c(N=Nc3ccccc3S(=O)(=O)[O-])c(S(=O)(=O)O)cc2c1.[Na+].[Na+].[Na+].[Na+].[Na+].[Na+]. The summed E-state index contributed by atoms with van der Waals surface area (Å²) >= 11 is 12.5. The van der Waals surface area contributed by atoms with Gasteiger partial charge in [-0.2, -0.15) is 26.8 Å². The zero-order valence-corrected chi connectivity index (χ0v) is 65.7. The summed E-state index contributed by atoms with van der Waals surface area (Å²) < 4.78 is 216. The second kappa shape index (κ2) is 32.7. The van der Waals surface area contributed by atoms with Crippen molar-refractivity contribution in [2.45, 2.75) is 29.4 Å². The molecule has 0 radical (unpaired) electrons. The van der Waals surface area contributed by atoms with Gasteiger partial charge in [0.15, 0.2) is 0 Å². The number of benzene rings is 7. The van der Waals surface area contributed by atoms with Crippen LogP contribution in [0.2, 0.25) is 10.6 Å². The molecule has 0 unspecified atom stereocenters. The van der Waals surface area contributed by atoms with Crippen molar-refractivity contribution >= 4 is 151 Å². The summed E-state index contributed by atoms with van der Waals surface area (Å²) in [4.78, 5) is 28.5. The minimum Gasteiger partial charge on any atom is -0.870 e. The second-order valence-corrected chi connectivity index (χ2v) is 25.9. The van der Waals surface area contributed by atoms with Crippen molar-refractivity contribution < 1.29 is 265 Å². The molecule has 0 bridgehead atoms. The number of halogens is 2. The Morgan fingerprint density at radius 2 is 0.739 bits per heavy atom. The number of azo groups is 2. The van der Waals surface area contributed by atoms with Gasteiger partial charge >= 0.3 is 177 Å². The summed E-state index contributed by atoms with van der Waals surface area (Å²) in [7, 11) is -32.2. The Kier molecular flexibility index (Phi) is 29.6. The molecule has 9 rings (SSSR count). The van der Waals surface area contributed by atoms with E-state index in [9.17, 15) is 88.0 Å². The van der Waals surface area contributed by atoms with Crippen molar-refractivity contribution in [3.63, 3.8) is 0 Å². The van der Waals surface area contributed by atoms with Gasteiger partial charge in [0.1, 0.15) is 61.6 Å². The molecule has 0 spiro atoms. The van der Waals surface area contributed by atoms with Crippen LogP contribution in [-0.4, -0.2) is 108 Å². The van der Waals surface area contributed by atoms with E-state index in [2.05, 4.69) is 70.3 Å². The van der Waals surface area contributed by atoms with Crippen LogP contribution in [0, 0.1) is 0 Å². The van der Waals surface area contributed by atoms with Crippen LogP contribution in [0.5, 0.6) is 11.5 Å². The number of nitrogens with one attached hydrogen (secondary N) is 4. The largest absolute Gasteiger partial charge is 1.00 e. The van der Waals surface area contributed by atoms with E-state index in [1.165, 1.54) is 36.4 Å². The monoisotopic (exact) mass is 1470 g/mol. The Hall–Kier alpha value is -2.88. The molecule has 0 atom stereocenters. The van der Waals surface area contributed by atoms with E-state index in [4.69, 9.17) is 23.2 Å². The number of hydrogen-bond donors (Lipinski definition) is 6. The maximum Gasteiger partial charge on any atom is 1.00 e. The molecule has 0 saturated carbocycles. The van der Waals surface area contributed by atoms with E-state index in [0.29, 0.717) is 36.4 Å². The van der Waals surface area contributed by atoms with Crippen molar-refractivity contribution in [2.24, 2.45) is 40.4 Å². The van der Waals surface area contributed by atoms with Crippen LogP contribution in [0.4, 0.5) is 45.5 Å². The molecule has 0 fully saturated rings. The van der Waals surface area contributed by atoms with Crippen molar-refractivity contribution in [2.75, 3.05) is 0 Å². The van der Waals surface area contributed by atoms with E-state index in [-0.39, 0.29) is 189 Å². The minimum absolute atomic E-state index is 0. The van der Waals surface area contributed by atoms with Gasteiger partial charge < -0.3 is 38.4 Å². The van der Waals surface area contributed by atoms with Gasteiger partial charge in [0, 0.05) is 10.8 Å². The first-order chi connectivity index (χ1) is 40.0. The second-order valence-electron chi connectivity index (χ2n) is 16.9. The normalized spacial score (nSPS) is 13.0. The zero-order valence-electron chi connectivity index (χ0n) is 47.3. The summed E-state index contributed by atoms with van der Waals surface area (Å²) in [6.07, 6.45) is 0. The minimum atomic E-state index is -5.46. The molecule has 0 saturated heterocycles. The third-order valence-corrected chi connectivity index (χ3v) is 16.6. The first-order valence-corrected chi connectivity index (χ1v) is 31.7. The number of aromatic amines is 4. The molecule has 7 aromatic carbocycles. The van der Waals surface area contributed by atoms with E-state index in [1.54, 1.807) is 0 Å². The van der Waals surface area contributed by atoms with Crippen LogP contribution in [-0.2, 0) is 60.7 Å². The number of aromatic nitrogens is 6. The third kappa shape index (κ3) is 20.1. The average molecular weight is 1470 g/mol. The fraction of sp³-hybridized carbons (Fsp3) is 0. The molecule has 446 valence electrons. The predicted molar refractivity (Wildman–Crippen MR) is 283 cm³/mol. The molecular formula is C44H24Cl2N14Na6O20S6. The molecule has 0 aliphatic heterocycles. The number of rotatable bonds is 14. The maximum absolute atomic E-state index is 14.2. The average Bonchev–Trinajstić information content (AvgIpc) is 0.815. The maximum atomic E-state index is 14.2. The van der Waals surface area contributed by atoms with Crippen LogP contribution in [0.25, 0.3) is 21.5 Å². The number of hydrogen-bond acceptors (Lipinski definition) is 28. The van der Waals surface area contributed by atoms with Crippen molar-refractivity contribution in [1.82, 2.24) is 29.9 Å². The molecular weight excluding hydrogens is 1450 g/mol. The third-order valence-electron chi connectivity index (χ3n) is 11.2. The van der Waals surface area contributed by atoms with Gasteiger partial charge in [0.25, 0.3) is 20.2 Å². The fourth-order valence-corrected chi connectivity index (χ4v) is 11.6. The molecule has 0 aliphatic rings. The Labute approximate surface area is 659 Å². The molecule has 0 aliphatic carbocycles. The number of nitrogens with zero attached hydrogens (tertiary/aromatic N) is 10. The Morgan fingerprint density at radius 1 is 0.391 bits per heavy atom. The summed E-state index contributed by atoms with van der Waals surface area (Å²) in [5.74, 6) is -2.90. The van der Waals surface area contributed by atoms with Crippen molar-refractivity contribution in [3.8, 4) is 11.5 Å². The summed E-state index contributed by atoms with van der Waals surface area (Å²) in [5, 5.41) is 39.0. The fourth-order valence-electron chi connectivity index (χ4n) is 7.71. The van der Waals surface area contributed by atoms with Gasteiger partial charge in [-0.05, 0) is 113 Å². The van der Waals surface area contributed by atoms with Crippen LogP contribution >= 0.6 is 23.2 Å². The van der Waals surface area contributed by atoms with Crippen LogP contribution in [0.15, 0.2) is 179 Å². The number of H-pyrrole nitrogens is 4. The molecule has 92 heavy (non-hydrogen) atoms. The van der Waals surface area contributed by atoms with Crippen molar-refractivity contribution in [1.29, 1.82) is 0 Å². The first kappa shape index (κ1) is 83.3. The molecule has 34 nitrogen and oxygen atoms in total. The molecule has 2 aromatic heterocycles. The molecule has 2 heterocycles. The number of fused-ring (bicyclic) bond motifs is 2. The predicted octanol–water partition coefficient (Wildman–Crippen LogP) is -14.6. The topological polar surface area (TPSA) is 571 Å². The smallest absolute Gasteiger partial charge is 0.870 e. The Morgan fingerprint density at radius 3 is 1.07 bits per heavy atom. The first-order valence-electron chi connectivity index (χ1n) is 22.5. The summed E-state index contributed by atoms with van der Waals surface area (Å²) in [5.41, 5.74) is -6.92. The van der Waals surface area contributed by atoms with E-state index in [0.717, 1.165) is 36.4 Å². The van der Waals surface area contributed by atoms with Gasteiger partial charge in [-0.15, -0.1) is 20.5 Å². The van der Waals surface area contributed by atoms with E-state index in [1.807, 2.05) is 0 Å². The van der Waals surface area contributed by atoms with Gasteiger partial charge in [-0.1, -0.05) is 41.8 Å². The van der Waals surface area contributed by atoms with Crippen LogP contribution < -0.4 is 210 Å². The van der Waals surface area contributed by atoms with E-state index >= 15 is 0 Å². The zero-order chi connectivity index (χ0) is 62.6. The van der Waals surface area contributed by atoms with Gasteiger partial charge in [-0.3, -0.25) is 19.1 Å². The molecule has 48 heteroatoms. The van der Waals surface area contributed by atoms with Crippen LogP contribution in [0.1, 0.15) is 0 Å². The van der Waals surface area contributed by atoms with Gasteiger partial charge in [0.2, 0.25) is 33.0 Å². The summed E-state index contributed by atoms with van der Waals surface area (Å²) in [6, 6.07) is 17.2. The molecule has 0 amide bonds. The quantitative estimate of drug-likeness (QED) is 0.0334. The van der Waals surface area contributed by atoms with E-state index < -0.39 is 190 Å². The van der Waals surface area contributed by atoms with Crippen molar-refractivity contribution in [3.05, 3.63) is 142 Å². The Balaban J connectivity index is 0.00000368. The van der Waals surface area contributed by atoms with Gasteiger partial charge in [0.05, 0.1) is 53.7 Å². The standard InChI is InChI=1S/C44H30Cl2N14O20S6.6Na/c45-39-51-41(55-43(53-39)49-27-17-23(81(63,64)65)12-19-14-31(85(75,76)77)35(37(61)33(19)27)59-57-25-8-1-3-10-29(25)83(69,70)71)47-21-6-5-7-22(16-21)48-42-52-40(46)54-44(56-42)50-28-18-24(82(66,67)68)13-20-15-32(86(78,79)80)36(38(62)34(20)28)60-58-26-9-2-4-11-30(26)84(72,73)74;;;;;;/h1-18,61-62H,(H,63,64,65)(H,66,67,68)(H,69,70,71)(H,72,73,74)(H,75,76,77)(H,78,79,80)(H2,47,49,51,53,55)(H2,48,50,52,54,56);;;;;;/q;6*+1/p-6. The summed E-state index contributed by atoms with van der Waals surface area (Å²) in [6.45, 7) is 0. The van der Waals surface area contributed by atoms with Crippen LogP contribution in [0.3, 0.4) is 0 Å².